The number of thioether (sulfide) groups is 1. The molecule has 0 spiro atoms. The summed E-state index contributed by atoms with van der Waals surface area (Å²) in [5.41, 5.74) is 0.160. The van der Waals surface area contributed by atoms with E-state index in [0.29, 0.717) is 35.8 Å². The van der Waals surface area contributed by atoms with Crippen molar-refractivity contribution in [3.8, 4) is 0 Å². The van der Waals surface area contributed by atoms with E-state index in [1.165, 1.54) is 41.1 Å². The maximum Gasteiger partial charge on any atom is 0.416 e. The second kappa shape index (κ2) is 9.16. The summed E-state index contributed by atoms with van der Waals surface area (Å²) in [6.07, 6.45) is -0.400. The van der Waals surface area contributed by atoms with Crippen LogP contribution in [-0.2, 0) is 15.8 Å². The SMILES string of the molecule is C=CC(=O)N1CCCC(NC(=O)[C@@H]2Sc3nccc4c3C2NC(=O)N4c2cccc(C(F)(F)F)c2)C1. The summed E-state index contributed by atoms with van der Waals surface area (Å²) in [5.74, 6) is -0.501. The number of urea groups is 1. The van der Waals surface area contributed by atoms with Crippen molar-refractivity contribution in [2.24, 2.45) is 0 Å². The van der Waals surface area contributed by atoms with Crippen molar-refractivity contribution in [3.05, 3.63) is 60.3 Å². The van der Waals surface area contributed by atoms with Gasteiger partial charge in [0.2, 0.25) is 11.8 Å². The minimum atomic E-state index is -4.56. The number of alkyl halides is 3. The van der Waals surface area contributed by atoms with Crippen LogP contribution in [0, 0.1) is 0 Å². The number of benzene rings is 1. The molecule has 2 unspecified atom stereocenters. The molecule has 1 aromatic heterocycles. The Bertz CT molecular complexity index is 1250. The maximum atomic E-state index is 13.3. The summed E-state index contributed by atoms with van der Waals surface area (Å²) >= 11 is 1.20. The number of likely N-dealkylation sites (tertiary alicyclic amines) is 1. The van der Waals surface area contributed by atoms with E-state index in [1.54, 1.807) is 11.0 Å². The fourth-order valence-electron chi connectivity index (χ4n) is 4.81. The highest BCUT2D eigenvalue weighted by molar-refractivity contribution is 8.01. The minimum Gasteiger partial charge on any atom is -0.351 e. The number of nitrogens with one attached hydrogen (secondary N) is 2. The Balaban J connectivity index is 1.40. The summed E-state index contributed by atoms with van der Waals surface area (Å²) < 4.78 is 39.8. The first-order chi connectivity index (χ1) is 17.2. The van der Waals surface area contributed by atoms with Crippen molar-refractivity contribution in [3.63, 3.8) is 0 Å². The van der Waals surface area contributed by atoms with Gasteiger partial charge in [0.25, 0.3) is 0 Å². The van der Waals surface area contributed by atoms with Crippen molar-refractivity contribution in [2.45, 2.75) is 41.4 Å². The minimum absolute atomic E-state index is 0.0567. The summed E-state index contributed by atoms with van der Waals surface area (Å²) in [6.45, 7) is 4.47. The molecule has 3 aliphatic rings. The van der Waals surface area contributed by atoms with Gasteiger partial charge in [0.1, 0.15) is 10.3 Å². The number of carbonyl (C=O) groups is 3. The van der Waals surface area contributed by atoms with E-state index in [4.69, 9.17) is 0 Å². The van der Waals surface area contributed by atoms with Gasteiger partial charge in [-0.2, -0.15) is 13.2 Å². The maximum absolute atomic E-state index is 13.3. The molecule has 3 atom stereocenters. The highest BCUT2D eigenvalue weighted by atomic mass is 32.2. The average Bonchev–Trinajstić information content (AvgIpc) is 3.23. The molecule has 1 aromatic carbocycles. The smallest absolute Gasteiger partial charge is 0.351 e. The van der Waals surface area contributed by atoms with Gasteiger partial charge >= 0.3 is 12.2 Å². The molecule has 0 bridgehead atoms. The fraction of sp³-hybridized carbons (Fsp3) is 0.333. The molecule has 12 heteroatoms. The van der Waals surface area contributed by atoms with Crippen molar-refractivity contribution < 1.29 is 27.6 Å². The molecular weight excluding hydrogens is 495 g/mol. The predicted molar refractivity (Wildman–Crippen MR) is 127 cm³/mol. The van der Waals surface area contributed by atoms with Crippen molar-refractivity contribution in [2.75, 3.05) is 18.0 Å². The zero-order valence-electron chi connectivity index (χ0n) is 18.9. The molecule has 0 saturated carbocycles. The second-order valence-corrected chi connectivity index (χ2v) is 9.86. The van der Waals surface area contributed by atoms with E-state index in [9.17, 15) is 27.6 Å². The molecule has 36 heavy (non-hydrogen) atoms. The van der Waals surface area contributed by atoms with Crippen LogP contribution in [0.1, 0.15) is 30.0 Å². The number of hydrogen-bond donors (Lipinski definition) is 2. The molecule has 0 aliphatic carbocycles. The monoisotopic (exact) mass is 517 g/mol. The standard InChI is InChI=1S/C24H22F3N5O3S/c1-2-17(33)31-10-4-6-14(12-31)29-21(34)20-19-18-16(8-9-28-22(18)36-20)32(23(35)30-19)15-7-3-5-13(11-15)24(25,26)27/h2-3,5,7-9,11,14,19-20H,1,4,6,10,12H2,(H,29,34)(H,30,35)/t14?,19?,20-/m1/s1. The van der Waals surface area contributed by atoms with Gasteiger partial charge in [0, 0.05) is 30.9 Å². The van der Waals surface area contributed by atoms with Crippen molar-refractivity contribution >= 4 is 41.0 Å². The van der Waals surface area contributed by atoms with Crippen molar-refractivity contribution in [1.29, 1.82) is 0 Å². The lowest BCUT2D eigenvalue weighted by atomic mass is 9.99. The number of carbonyl (C=O) groups excluding carboxylic acids is 3. The largest absolute Gasteiger partial charge is 0.416 e. The van der Waals surface area contributed by atoms with Gasteiger partial charge in [-0.1, -0.05) is 24.4 Å². The van der Waals surface area contributed by atoms with Gasteiger partial charge in [0.05, 0.1) is 23.0 Å². The summed E-state index contributed by atoms with van der Waals surface area (Å²) in [5, 5.41) is 5.59. The van der Waals surface area contributed by atoms with E-state index in [1.807, 2.05) is 0 Å². The van der Waals surface area contributed by atoms with Gasteiger partial charge in [-0.3, -0.25) is 14.5 Å². The third kappa shape index (κ3) is 4.29. The van der Waals surface area contributed by atoms with Crippen LogP contribution in [0.5, 0.6) is 0 Å². The molecule has 188 valence electrons. The fourth-order valence-corrected chi connectivity index (χ4v) is 6.05. The van der Waals surface area contributed by atoms with Crippen LogP contribution in [-0.4, -0.2) is 52.1 Å². The molecule has 5 rings (SSSR count). The first-order valence-corrected chi connectivity index (χ1v) is 12.2. The zero-order chi connectivity index (χ0) is 25.6. The number of pyridine rings is 1. The van der Waals surface area contributed by atoms with Gasteiger partial charge < -0.3 is 15.5 Å². The van der Waals surface area contributed by atoms with Crippen LogP contribution in [0.4, 0.5) is 29.3 Å². The van der Waals surface area contributed by atoms with Crippen molar-refractivity contribution in [1.82, 2.24) is 20.5 Å². The van der Waals surface area contributed by atoms with Crippen LogP contribution in [0.2, 0.25) is 0 Å². The topological polar surface area (TPSA) is 94.6 Å². The van der Waals surface area contributed by atoms with E-state index in [0.717, 1.165) is 18.6 Å². The predicted octanol–water partition coefficient (Wildman–Crippen LogP) is 3.77. The summed E-state index contributed by atoms with van der Waals surface area (Å²) in [7, 11) is 0. The highest BCUT2D eigenvalue weighted by Gasteiger charge is 2.47. The normalized spacial score (nSPS) is 23.1. The lowest BCUT2D eigenvalue weighted by Gasteiger charge is -2.35. The average molecular weight is 518 g/mol. The second-order valence-electron chi connectivity index (χ2n) is 8.73. The van der Waals surface area contributed by atoms with Crippen LogP contribution < -0.4 is 15.5 Å². The number of hydrogen-bond acceptors (Lipinski definition) is 5. The Hall–Kier alpha value is -3.54. The quantitative estimate of drug-likeness (QED) is 0.603. The number of nitrogens with zero attached hydrogens (tertiary/aromatic N) is 3. The number of rotatable bonds is 4. The molecule has 2 N–H and O–H groups in total. The Morgan fingerprint density at radius 3 is 2.83 bits per heavy atom. The number of anilines is 2. The molecule has 8 nitrogen and oxygen atoms in total. The third-order valence-electron chi connectivity index (χ3n) is 6.45. The zero-order valence-corrected chi connectivity index (χ0v) is 19.7. The highest BCUT2D eigenvalue weighted by Crippen LogP contribution is 2.50. The molecule has 1 saturated heterocycles. The van der Waals surface area contributed by atoms with Gasteiger partial charge in [-0.15, -0.1) is 0 Å². The van der Waals surface area contributed by atoms with E-state index >= 15 is 0 Å². The molecular formula is C24H22F3N5O3S. The molecule has 3 aliphatic heterocycles. The number of halogens is 3. The number of amides is 4. The van der Waals surface area contributed by atoms with Gasteiger partial charge in [-0.05, 0) is 43.2 Å². The lowest BCUT2D eigenvalue weighted by Crippen LogP contribution is -2.53. The van der Waals surface area contributed by atoms with Crippen LogP contribution in [0.25, 0.3) is 0 Å². The first-order valence-electron chi connectivity index (χ1n) is 11.3. The van der Waals surface area contributed by atoms with E-state index < -0.39 is 29.1 Å². The van der Waals surface area contributed by atoms with Crippen LogP contribution >= 0.6 is 11.8 Å². The summed E-state index contributed by atoms with van der Waals surface area (Å²) in [4.78, 5) is 45.5. The third-order valence-corrected chi connectivity index (χ3v) is 7.74. The Morgan fingerprint density at radius 1 is 1.28 bits per heavy atom. The molecule has 1 fully saturated rings. The van der Waals surface area contributed by atoms with E-state index in [2.05, 4.69) is 22.2 Å². The van der Waals surface area contributed by atoms with Crippen LogP contribution in [0.15, 0.2) is 54.2 Å². The lowest BCUT2D eigenvalue weighted by molar-refractivity contribution is -0.137. The van der Waals surface area contributed by atoms with Crippen LogP contribution in [0.3, 0.4) is 0 Å². The molecule has 4 amide bonds. The Labute approximate surface area is 208 Å². The molecule has 0 radical (unpaired) electrons. The first kappa shape index (κ1) is 24.2. The Morgan fingerprint density at radius 2 is 2.08 bits per heavy atom. The van der Waals surface area contributed by atoms with Gasteiger partial charge in [-0.25, -0.2) is 9.78 Å². The number of piperidine rings is 1. The number of aromatic nitrogens is 1. The van der Waals surface area contributed by atoms with Gasteiger partial charge in [0.15, 0.2) is 0 Å². The summed E-state index contributed by atoms with van der Waals surface area (Å²) in [6, 6.07) is 4.51. The Kier molecular flexibility index (Phi) is 6.15. The van der Waals surface area contributed by atoms with E-state index in [-0.39, 0.29) is 23.5 Å². The molecule has 2 aromatic rings. The molecule has 4 heterocycles.